The van der Waals surface area contributed by atoms with Crippen molar-refractivity contribution in [2.24, 2.45) is 7.05 Å². The molecule has 0 aliphatic rings. The average Bonchev–Trinajstić information content (AvgIpc) is 2.65. The van der Waals surface area contributed by atoms with E-state index in [1.165, 1.54) is 12.1 Å². The molecule has 2 rings (SSSR count). The predicted octanol–water partition coefficient (Wildman–Crippen LogP) is 3.67. The monoisotopic (exact) mass is 345 g/mol. The molecule has 19 heavy (non-hydrogen) atoms. The van der Waals surface area contributed by atoms with Crippen LogP contribution in [0.25, 0.3) is 0 Å². The van der Waals surface area contributed by atoms with E-state index >= 15 is 0 Å². The fourth-order valence-electron chi connectivity index (χ4n) is 2.06. The molecule has 0 saturated carbocycles. The maximum atomic E-state index is 13.6. The minimum atomic E-state index is -0.287. The number of rotatable bonds is 4. The summed E-state index contributed by atoms with van der Waals surface area (Å²) >= 11 is 9.49. The minimum absolute atomic E-state index is 0.197. The molecule has 0 amide bonds. The summed E-state index contributed by atoms with van der Waals surface area (Å²) in [5.74, 6) is -0.287. The third kappa shape index (κ3) is 3.16. The van der Waals surface area contributed by atoms with Crippen LogP contribution < -0.4 is 5.32 Å². The first-order chi connectivity index (χ1) is 9.02. The van der Waals surface area contributed by atoms with Crippen molar-refractivity contribution in [3.8, 4) is 0 Å². The lowest BCUT2D eigenvalue weighted by molar-refractivity contribution is 0.564. The topological polar surface area (TPSA) is 29.9 Å². The van der Waals surface area contributed by atoms with Gasteiger partial charge < -0.3 is 5.32 Å². The van der Waals surface area contributed by atoms with E-state index in [1.54, 1.807) is 10.9 Å². The summed E-state index contributed by atoms with van der Waals surface area (Å²) in [7, 11) is 1.82. The van der Waals surface area contributed by atoms with E-state index in [2.05, 4.69) is 26.3 Å². The standard InChI is InChI=1S/C13H14BrClFN3/c1-3-17-12(13-11(15)7-18-19(13)2)8-4-9(14)6-10(16)5-8/h4-7,12,17H,3H2,1-2H3. The molecule has 1 unspecified atom stereocenters. The number of hydrogen-bond acceptors (Lipinski definition) is 2. The molecule has 1 aromatic heterocycles. The Balaban J connectivity index is 2.51. The molecular weight excluding hydrogens is 333 g/mol. The molecule has 1 heterocycles. The van der Waals surface area contributed by atoms with Gasteiger partial charge in [-0.1, -0.05) is 34.5 Å². The van der Waals surface area contributed by atoms with Gasteiger partial charge in [-0.25, -0.2) is 4.39 Å². The van der Waals surface area contributed by atoms with Crippen molar-refractivity contribution in [1.82, 2.24) is 15.1 Å². The summed E-state index contributed by atoms with van der Waals surface area (Å²) in [6.45, 7) is 2.73. The number of aryl methyl sites for hydroxylation is 1. The van der Waals surface area contributed by atoms with Gasteiger partial charge in [0.1, 0.15) is 5.82 Å². The number of halogens is 3. The van der Waals surface area contributed by atoms with E-state index in [-0.39, 0.29) is 11.9 Å². The molecule has 1 atom stereocenters. The SMILES string of the molecule is CCNC(c1cc(F)cc(Br)c1)c1c(Cl)cnn1C. The highest BCUT2D eigenvalue weighted by Gasteiger charge is 2.21. The summed E-state index contributed by atoms with van der Waals surface area (Å²) in [6.07, 6.45) is 1.59. The highest BCUT2D eigenvalue weighted by Crippen LogP contribution is 2.29. The van der Waals surface area contributed by atoms with Crippen LogP contribution in [0.4, 0.5) is 4.39 Å². The third-order valence-corrected chi connectivity index (χ3v) is 3.59. The van der Waals surface area contributed by atoms with E-state index in [0.717, 1.165) is 17.8 Å². The Labute approximate surface area is 124 Å². The number of hydrogen-bond donors (Lipinski definition) is 1. The first kappa shape index (κ1) is 14.5. The van der Waals surface area contributed by atoms with E-state index in [9.17, 15) is 4.39 Å². The lowest BCUT2D eigenvalue weighted by Crippen LogP contribution is -2.24. The number of benzene rings is 1. The Morgan fingerprint density at radius 2 is 2.21 bits per heavy atom. The predicted molar refractivity (Wildman–Crippen MR) is 77.8 cm³/mol. The zero-order valence-corrected chi connectivity index (χ0v) is 13.0. The van der Waals surface area contributed by atoms with Crippen LogP contribution in [0.15, 0.2) is 28.9 Å². The van der Waals surface area contributed by atoms with Crippen molar-refractivity contribution in [3.63, 3.8) is 0 Å². The van der Waals surface area contributed by atoms with E-state index < -0.39 is 0 Å². The van der Waals surface area contributed by atoms with Crippen LogP contribution in [0, 0.1) is 5.82 Å². The van der Waals surface area contributed by atoms with Crippen molar-refractivity contribution in [3.05, 3.63) is 51.0 Å². The zero-order chi connectivity index (χ0) is 14.0. The van der Waals surface area contributed by atoms with Gasteiger partial charge in [0.15, 0.2) is 0 Å². The van der Waals surface area contributed by atoms with Crippen molar-refractivity contribution < 1.29 is 4.39 Å². The van der Waals surface area contributed by atoms with Crippen molar-refractivity contribution in [2.75, 3.05) is 6.54 Å². The van der Waals surface area contributed by atoms with Crippen molar-refractivity contribution >= 4 is 27.5 Å². The normalized spacial score (nSPS) is 12.7. The maximum Gasteiger partial charge on any atom is 0.124 e. The molecule has 0 aliphatic heterocycles. The molecule has 0 saturated heterocycles. The summed E-state index contributed by atoms with van der Waals surface area (Å²) in [6, 6.07) is 4.61. The van der Waals surface area contributed by atoms with Gasteiger partial charge >= 0.3 is 0 Å². The Hall–Kier alpha value is -0.910. The molecule has 6 heteroatoms. The van der Waals surface area contributed by atoms with Gasteiger partial charge in [-0.15, -0.1) is 0 Å². The van der Waals surface area contributed by atoms with Crippen LogP contribution in [0.1, 0.15) is 24.2 Å². The van der Waals surface area contributed by atoms with E-state index in [4.69, 9.17) is 11.6 Å². The fourth-order valence-corrected chi connectivity index (χ4v) is 2.82. The van der Waals surface area contributed by atoms with Crippen LogP contribution in [0.5, 0.6) is 0 Å². The summed E-state index contributed by atoms with van der Waals surface area (Å²) in [5.41, 5.74) is 1.63. The van der Waals surface area contributed by atoms with Gasteiger partial charge in [0, 0.05) is 11.5 Å². The van der Waals surface area contributed by atoms with Gasteiger partial charge in [0.05, 0.1) is 23.0 Å². The molecule has 1 aromatic carbocycles. The molecule has 0 radical (unpaired) electrons. The lowest BCUT2D eigenvalue weighted by atomic mass is 10.0. The van der Waals surface area contributed by atoms with Crippen LogP contribution in [-0.2, 0) is 7.05 Å². The smallest absolute Gasteiger partial charge is 0.124 e. The number of nitrogens with one attached hydrogen (secondary N) is 1. The highest BCUT2D eigenvalue weighted by molar-refractivity contribution is 9.10. The Morgan fingerprint density at radius 3 is 2.74 bits per heavy atom. The lowest BCUT2D eigenvalue weighted by Gasteiger charge is -2.19. The average molecular weight is 347 g/mol. The Kier molecular flexibility index (Phi) is 4.60. The van der Waals surface area contributed by atoms with Gasteiger partial charge in [0.2, 0.25) is 0 Å². The van der Waals surface area contributed by atoms with Gasteiger partial charge in [-0.2, -0.15) is 5.10 Å². The van der Waals surface area contributed by atoms with Gasteiger partial charge in [0.25, 0.3) is 0 Å². The van der Waals surface area contributed by atoms with Crippen LogP contribution in [0.2, 0.25) is 5.02 Å². The molecule has 0 bridgehead atoms. The van der Waals surface area contributed by atoms with Crippen molar-refractivity contribution in [1.29, 1.82) is 0 Å². The van der Waals surface area contributed by atoms with E-state index in [0.29, 0.717) is 9.50 Å². The number of aromatic nitrogens is 2. The molecule has 1 N–H and O–H groups in total. The first-order valence-electron chi connectivity index (χ1n) is 5.89. The van der Waals surface area contributed by atoms with E-state index in [1.807, 2.05) is 20.0 Å². The zero-order valence-electron chi connectivity index (χ0n) is 10.6. The molecule has 102 valence electrons. The molecule has 0 fully saturated rings. The second-order valence-electron chi connectivity index (χ2n) is 4.19. The summed E-state index contributed by atoms with van der Waals surface area (Å²) < 4.78 is 16.0. The Morgan fingerprint density at radius 1 is 1.47 bits per heavy atom. The fraction of sp³-hybridized carbons (Fsp3) is 0.308. The first-order valence-corrected chi connectivity index (χ1v) is 7.06. The summed E-state index contributed by atoms with van der Waals surface area (Å²) in [4.78, 5) is 0. The number of nitrogens with zero attached hydrogens (tertiary/aromatic N) is 2. The molecule has 3 nitrogen and oxygen atoms in total. The second-order valence-corrected chi connectivity index (χ2v) is 5.52. The molecule has 0 aliphatic carbocycles. The van der Waals surface area contributed by atoms with Crippen LogP contribution in [-0.4, -0.2) is 16.3 Å². The van der Waals surface area contributed by atoms with Gasteiger partial charge in [-0.05, 0) is 30.3 Å². The van der Waals surface area contributed by atoms with Crippen LogP contribution >= 0.6 is 27.5 Å². The van der Waals surface area contributed by atoms with Crippen molar-refractivity contribution in [2.45, 2.75) is 13.0 Å². The maximum absolute atomic E-state index is 13.6. The highest BCUT2D eigenvalue weighted by atomic mass is 79.9. The minimum Gasteiger partial charge on any atom is -0.305 e. The van der Waals surface area contributed by atoms with Crippen LogP contribution in [0.3, 0.4) is 0 Å². The van der Waals surface area contributed by atoms with Gasteiger partial charge in [-0.3, -0.25) is 4.68 Å². The molecular formula is C13H14BrClFN3. The Bertz CT molecular complexity index is 546. The quantitative estimate of drug-likeness (QED) is 0.915. The largest absolute Gasteiger partial charge is 0.305 e. The molecule has 0 spiro atoms. The summed E-state index contributed by atoms with van der Waals surface area (Å²) in [5, 5.41) is 8.00. The second kappa shape index (κ2) is 6.03. The third-order valence-electron chi connectivity index (χ3n) is 2.84. The molecule has 2 aromatic rings.